The number of likely N-dealkylation sites (N-methyl/N-ethyl adjacent to an activating group) is 1. The topological polar surface area (TPSA) is 78.4 Å². The SMILES string of the molecule is CCNC(C)(C)C(=O)NC(CC(=O)O)c1cccs1. The molecule has 0 aliphatic heterocycles. The maximum atomic E-state index is 12.2. The third-order valence-electron chi connectivity index (χ3n) is 2.76. The first-order valence-electron chi connectivity index (χ1n) is 6.18. The van der Waals surface area contributed by atoms with Crippen molar-refractivity contribution in [2.75, 3.05) is 6.54 Å². The van der Waals surface area contributed by atoms with Crippen molar-refractivity contribution in [1.82, 2.24) is 10.6 Å². The Balaban J connectivity index is 2.78. The van der Waals surface area contributed by atoms with E-state index in [4.69, 9.17) is 5.11 Å². The highest BCUT2D eigenvalue weighted by atomic mass is 32.1. The Morgan fingerprint density at radius 1 is 1.47 bits per heavy atom. The molecule has 0 aromatic carbocycles. The van der Waals surface area contributed by atoms with E-state index in [1.165, 1.54) is 11.3 Å². The second-order valence-electron chi connectivity index (χ2n) is 4.79. The number of carboxylic acid groups (broad SMARTS) is 1. The van der Waals surface area contributed by atoms with E-state index in [1.54, 1.807) is 13.8 Å². The average Bonchev–Trinajstić information content (AvgIpc) is 2.80. The van der Waals surface area contributed by atoms with Crippen LogP contribution in [0.2, 0.25) is 0 Å². The van der Waals surface area contributed by atoms with Crippen molar-refractivity contribution >= 4 is 23.2 Å². The molecule has 0 bridgehead atoms. The molecule has 1 aromatic heterocycles. The normalized spacial score (nSPS) is 13.0. The van der Waals surface area contributed by atoms with E-state index in [9.17, 15) is 9.59 Å². The van der Waals surface area contributed by atoms with Crippen molar-refractivity contribution < 1.29 is 14.7 Å². The Labute approximate surface area is 117 Å². The lowest BCUT2D eigenvalue weighted by Crippen LogP contribution is -2.53. The van der Waals surface area contributed by atoms with Gasteiger partial charge < -0.3 is 15.7 Å². The molecule has 0 aliphatic carbocycles. The number of carbonyl (C=O) groups excluding carboxylic acids is 1. The summed E-state index contributed by atoms with van der Waals surface area (Å²) < 4.78 is 0. The van der Waals surface area contributed by atoms with Gasteiger partial charge in [-0.05, 0) is 31.8 Å². The molecule has 1 aromatic rings. The summed E-state index contributed by atoms with van der Waals surface area (Å²) in [6.45, 7) is 6.14. The molecule has 0 fully saturated rings. The van der Waals surface area contributed by atoms with Gasteiger partial charge in [-0.1, -0.05) is 13.0 Å². The lowest BCUT2D eigenvalue weighted by atomic mass is 10.0. The first-order chi connectivity index (χ1) is 8.86. The minimum absolute atomic E-state index is 0.117. The van der Waals surface area contributed by atoms with Gasteiger partial charge in [0.05, 0.1) is 18.0 Å². The molecule has 0 saturated heterocycles. The molecule has 6 heteroatoms. The highest BCUT2D eigenvalue weighted by Gasteiger charge is 2.29. The zero-order chi connectivity index (χ0) is 14.5. The number of amides is 1. The molecule has 1 atom stereocenters. The van der Waals surface area contributed by atoms with Gasteiger partial charge in [-0.2, -0.15) is 0 Å². The molecular weight excluding hydrogens is 264 g/mol. The summed E-state index contributed by atoms with van der Waals surface area (Å²) in [4.78, 5) is 23.9. The van der Waals surface area contributed by atoms with Crippen LogP contribution in [0.1, 0.15) is 38.1 Å². The van der Waals surface area contributed by atoms with Crippen molar-refractivity contribution in [3.63, 3.8) is 0 Å². The second kappa shape index (κ2) is 6.68. The molecule has 1 unspecified atom stereocenters. The van der Waals surface area contributed by atoms with Crippen molar-refractivity contribution in [1.29, 1.82) is 0 Å². The summed E-state index contributed by atoms with van der Waals surface area (Å²) in [5, 5.41) is 16.7. The largest absolute Gasteiger partial charge is 0.481 e. The van der Waals surface area contributed by atoms with Crippen LogP contribution < -0.4 is 10.6 Å². The predicted octanol–water partition coefficient (Wildman–Crippen LogP) is 1.77. The van der Waals surface area contributed by atoms with Crippen LogP contribution in [-0.4, -0.2) is 29.1 Å². The minimum Gasteiger partial charge on any atom is -0.481 e. The Hall–Kier alpha value is -1.40. The van der Waals surface area contributed by atoms with E-state index in [1.807, 2.05) is 24.4 Å². The number of thiophene rings is 1. The highest BCUT2D eigenvalue weighted by Crippen LogP contribution is 2.22. The lowest BCUT2D eigenvalue weighted by molar-refractivity contribution is -0.138. The van der Waals surface area contributed by atoms with Crippen LogP contribution in [0.15, 0.2) is 17.5 Å². The maximum Gasteiger partial charge on any atom is 0.305 e. The summed E-state index contributed by atoms with van der Waals surface area (Å²) in [6, 6.07) is 3.19. The lowest BCUT2D eigenvalue weighted by Gasteiger charge is -2.27. The van der Waals surface area contributed by atoms with Gasteiger partial charge in [0.15, 0.2) is 0 Å². The first kappa shape index (κ1) is 15.7. The quantitative estimate of drug-likeness (QED) is 0.713. The van der Waals surface area contributed by atoms with E-state index < -0.39 is 17.6 Å². The van der Waals surface area contributed by atoms with Crippen LogP contribution in [0, 0.1) is 0 Å². The van der Waals surface area contributed by atoms with Gasteiger partial charge in [-0.25, -0.2) is 0 Å². The van der Waals surface area contributed by atoms with Crippen LogP contribution in [-0.2, 0) is 9.59 Å². The smallest absolute Gasteiger partial charge is 0.305 e. The Bertz CT molecular complexity index is 429. The molecule has 1 rings (SSSR count). The molecule has 0 radical (unpaired) electrons. The number of hydrogen-bond acceptors (Lipinski definition) is 4. The average molecular weight is 284 g/mol. The fourth-order valence-corrected chi connectivity index (χ4v) is 2.53. The van der Waals surface area contributed by atoms with Gasteiger partial charge in [0.1, 0.15) is 0 Å². The van der Waals surface area contributed by atoms with Gasteiger partial charge in [-0.15, -0.1) is 11.3 Å². The highest BCUT2D eigenvalue weighted by molar-refractivity contribution is 7.10. The number of nitrogens with one attached hydrogen (secondary N) is 2. The molecular formula is C13H20N2O3S. The van der Waals surface area contributed by atoms with Crippen molar-refractivity contribution in [3.8, 4) is 0 Å². The summed E-state index contributed by atoms with van der Waals surface area (Å²) >= 11 is 1.44. The maximum absolute atomic E-state index is 12.2. The summed E-state index contributed by atoms with van der Waals surface area (Å²) in [7, 11) is 0. The number of aliphatic carboxylic acids is 1. The first-order valence-corrected chi connectivity index (χ1v) is 7.06. The third-order valence-corrected chi connectivity index (χ3v) is 3.74. The number of carbonyl (C=O) groups is 2. The van der Waals surface area contributed by atoms with Crippen molar-refractivity contribution in [3.05, 3.63) is 22.4 Å². The summed E-state index contributed by atoms with van der Waals surface area (Å²) in [5.41, 5.74) is -0.719. The fraction of sp³-hybridized carbons (Fsp3) is 0.538. The van der Waals surface area contributed by atoms with Crippen LogP contribution in [0.25, 0.3) is 0 Å². The second-order valence-corrected chi connectivity index (χ2v) is 5.77. The van der Waals surface area contributed by atoms with E-state index in [0.29, 0.717) is 6.54 Å². The van der Waals surface area contributed by atoms with Crippen LogP contribution in [0.3, 0.4) is 0 Å². The van der Waals surface area contributed by atoms with Crippen LogP contribution in [0.5, 0.6) is 0 Å². The predicted molar refractivity (Wildman–Crippen MR) is 75.2 cm³/mol. The third kappa shape index (κ3) is 4.65. The van der Waals surface area contributed by atoms with E-state index in [0.717, 1.165) is 4.88 Å². The Morgan fingerprint density at radius 2 is 2.16 bits per heavy atom. The minimum atomic E-state index is -0.931. The van der Waals surface area contributed by atoms with Crippen molar-refractivity contribution in [2.24, 2.45) is 0 Å². The zero-order valence-corrected chi connectivity index (χ0v) is 12.2. The molecule has 19 heavy (non-hydrogen) atoms. The monoisotopic (exact) mass is 284 g/mol. The summed E-state index contributed by atoms with van der Waals surface area (Å²) in [6.07, 6.45) is -0.117. The fourth-order valence-electron chi connectivity index (χ4n) is 1.75. The molecule has 3 N–H and O–H groups in total. The molecule has 0 saturated carbocycles. The molecule has 0 aliphatic rings. The molecule has 1 heterocycles. The number of hydrogen-bond donors (Lipinski definition) is 3. The molecule has 106 valence electrons. The number of carboxylic acids is 1. The van der Waals surface area contributed by atoms with Gasteiger partial charge >= 0.3 is 5.97 Å². The Kier molecular flexibility index (Phi) is 5.50. The van der Waals surface area contributed by atoms with Crippen LogP contribution >= 0.6 is 11.3 Å². The standard InChI is InChI=1S/C13H20N2O3S/c1-4-14-13(2,3)12(18)15-9(8-11(16)17)10-6-5-7-19-10/h5-7,9,14H,4,8H2,1-3H3,(H,15,18)(H,16,17). The van der Waals surface area contributed by atoms with Crippen molar-refractivity contribution in [2.45, 2.75) is 38.8 Å². The van der Waals surface area contributed by atoms with Crippen LogP contribution in [0.4, 0.5) is 0 Å². The molecule has 0 spiro atoms. The zero-order valence-electron chi connectivity index (χ0n) is 11.4. The van der Waals surface area contributed by atoms with Gasteiger partial charge in [0.2, 0.25) is 5.91 Å². The van der Waals surface area contributed by atoms with E-state index >= 15 is 0 Å². The van der Waals surface area contributed by atoms with Gasteiger partial charge in [-0.3, -0.25) is 9.59 Å². The van der Waals surface area contributed by atoms with E-state index in [2.05, 4.69) is 10.6 Å². The number of rotatable bonds is 7. The van der Waals surface area contributed by atoms with Gasteiger partial charge in [0.25, 0.3) is 0 Å². The summed E-state index contributed by atoms with van der Waals surface area (Å²) in [5.74, 6) is -1.13. The molecule has 1 amide bonds. The molecule has 5 nitrogen and oxygen atoms in total. The van der Waals surface area contributed by atoms with E-state index in [-0.39, 0.29) is 12.3 Å². The van der Waals surface area contributed by atoms with Gasteiger partial charge in [0, 0.05) is 4.88 Å². The Morgan fingerprint density at radius 3 is 2.63 bits per heavy atom.